The van der Waals surface area contributed by atoms with Gasteiger partial charge in [0.05, 0.1) is 11.9 Å². The number of likely N-dealkylation sites (tertiary alicyclic amines) is 1. The Morgan fingerprint density at radius 1 is 1.44 bits per heavy atom. The molecule has 0 aliphatic carbocycles. The van der Waals surface area contributed by atoms with Gasteiger partial charge in [0, 0.05) is 6.04 Å². The van der Waals surface area contributed by atoms with Gasteiger partial charge in [-0.3, -0.25) is 0 Å². The second kappa shape index (κ2) is 4.95. The van der Waals surface area contributed by atoms with Crippen LogP contribution >= 0.6 is 0 Å². The standard InChI is InChI=1S/C12H16N4/c1-16-6-4-10(5-7-16)15-12-3-2-11(8-13)14-9-12/h2-3,9-10,15H,4-7H2,1H3. The van der Waals surface area contributed by atoms with Crippen molar-refractivity contribution in [1.82, 2.24) is 9.88 Å². The molecular weight excluding hydrogens is 200 g/mol. The number of anilines is 1. The molecule has 0 bridgehead atoms. The minimum Gasteiger partial charge on any atom is -0.381 e. The summed E-state index contributed by atoms with van der Waals surface area (Å²) in [6, 6.07) is 6.22. The van der Waals surface area contributed by atoms with Crippen molar-refractivity contribution in [2.75, 3.05) is 25.5 Å². The molecule has 0 saturated carbocycles. The molecule has 1 fully saturated rings. The molecule has 0 amide bonds. The van der Waals surface area contributed by atoms with Gasteiger partial charge in [-0.2, -0.15) is 5.26 Å². The first-order valence-corrected chi connectivity index (χ1v) is 5.59. The van der Waals surface area contributed by atoms with E-state index in [2.05, 4.69) is 22.2 Å². The molecule has 1 aromatic heterocycles. The van der Waals surface area contributed by atoms with E-state index in [0.717, 1.165) is 31.6 Å². The van der Waals surface area contributed by atoms with E-state index in [9.17, 15) is 0 Å². The van der Waals surface area contributed by atoms with Crippen LogP contribution in [0.1, 0.15) is 18.5 Å². The molecule has 2 heterocycles. The van der Waals surface area contributed by atoms with Crippen LogP contribution in [0.15, 0.2) is 18.3 Å². The highest BCUT2D eigenvalue weighted by molar-refractivity contribution is 5.43. The number of hydrogen-bond acceptors (Lipinski definition) is 4. The van der Waals surface area contributed by atoms with Gasteiger partial charge < -0.3 is 10.2 Å². The van der Waals surface area contributed by atoms with Gasteiger partial charge in [-0.15, -0.1) is 0 Å². The smallest absolute Gasteiger partial charge is 0.140 e. The van der Waals surface area contributed by atoms with E-state index in [4.69, 9.17) is 5.26 Å². The maximum absolute atomic E-state index is 8.64. The molecule has 0 unspecified atom stereocenters. The summed E-state index contributed by atoms with van der Waals surface area (Å²) in [5, 5.41) is 12.1. The quantitative estimate of drug-likeness (QED) is 0.813. The van der Waals surface area contributed by atoms with Crippen molar-refractivity contribution in [3.05, 3.63) is 24.0 Å². The molecule has 84 valence electrons. The van der Waals surface area contributed by atoms with E-state index < -0.39 is 0 Å². The number of piperidine rings is 1. The number of nitrogens with zero attached hydrogens (tertiary/aromatic N) is 3. The van der Waals surface area contributed by atoms with Gasteiger partial charge in [0.1, 0.15) is 11.8 Å². The first-order chi connectivity index (χ1) is 7.78. The van der Waals surface area contributed by atoms with Crippen LogP contribution < -0.4 is 5.32 Å². The van der Waals surface area contributed by atoms with E-state index in [1.54, 1.807) is 12.3 Å². The van der Waals surface area contributed by atoms with E-state index in [1.807, 2.05) is 12.1 Å². The van der Waals surface area contributed by atoms with Crippen molar-refractivity contribution < 1.29 is 0 Å². The van der Waals surface area contributed by atoms with Crippen LogP contribution in [0.3, 0.4) is 0 Å². The normalized spacial score (nSPS) is 18.0. The number of nitriles is 1. The highest BCUT2D eigenvalue weighted by atomic mass is 15.1. The number of rotatable bonds is 2. The first-order valence-electron chi connectivity index (χ1n) is 5.59. The molecule has 0 radical (unpaired) electrons. The Hall–Kier alpha value is -1.60. The zero-order valence-corrected chi connectivity index (χ0v) is 9.48. The van der Waals surface area contributed by atoms with Crippen molar-refractivity contribution in [2.24, 2.45) is 0 Å². The largest absolute Gasteiger partial charge is 0.381 e. The Morgan fingerprint density at radius 3 is 2.75 bits per heavy atom. The Bertz CT molecular complexity index is 371. The van der Waals surface area contributed by atoms with Crippen LogP contribution in [0.2, 0.25) is 0 Å². The lowest BCUT2D eigenvalue weighted by atomic mass is 10.1. The lowest BCUT2D eigenvalue weighted by Gasteiger charge is -2.30. The molecule has 16 heavy (non-hydrogen) atoms. The average molecular weight is 216 g/mol. The lowest BCUT2D eigenvalue weighted by molar-refractivity contribution is 0.264. The third-order valence-electron chi connectivity index (χ3n) is 2.97. The summed E-state index contributed by atoms with van der Waals surface area (Å²) in [6.07, 6.45) is 4.06. The van der Waals surface area contributed by atoms with Gasteiger partial charge in [0.25, 0.3) is 0 Å². The van der Waals surface area contributed by atoms with Crippen LogP contribution in [0, 0.1) is 11.3 Å². The van der Waals surface area contributed by atoms with Crippen LogP contribution in [-0.2, 0) is 0 Å². The highest BCUT2D eigenvalue weighted by Gasteiger charge is 2.15. The molecule has 1 aliphatic rings. The summed E-state index contributed by atoms with van der Waals surface area (Å²) in [7, 11) is 2.15. The molecule has 2 rings (SSSR count). The van der Waals surface area contributed by atoms with E-state index >= 15 is 0 Å². The van der Waals surface area contributed by atoms with Crippen molar-refractivity contribution in [1.29, 1.82) is 5.26 Å². The van der Waals surface area contributed by atoms with Crippen LogP contribution in [0.25, 0.3) is 0 Å². The molecule has 1 aromatic rings. The maximum atomic E-state index is 8.64. The first kappa shape index (κ1) is 10.9. The second-order valence-corrected chi connectivity index (χ2v) is 4.27. The van der Waals surface area contributed by atoms with Crippen LogP contribution in [-0.4, -0.2) is 36.1 Å². The molecule has 0 aromatic carbocycles. The van der Waals surface area contributed by atoms with Gasteiger partial charge in [-0.05, 0) is 45.1 Å². The summed E-state index contributed by atoms with van der Waals surface area (Å²) in [6.45, 7) is 2.28. The third kappa shape index (κ3) is 2.71. The topological polar surface area (TPSA) is 52.0 Å². The summed E-state index contributed by atoms with van der Waals surface area (Å²) < 4.78 is 0. The third-order valence-corrected chi connectivity index (χ3v) is 2.97. The number of hydrogen-bond donors (Lipinski definition) is 1. The predicted molar refractivity (Wildman–Crippen MR) is 63.1 cm³/mol. The van der Waals surface area contributed by atoms with Crippen LogP contribution in [0.4, 0.5) is 5.69 Å². The van der Waals surface area contributed by atoms with E-state index in [0.29, 0.717) is 11.7 Å². The minimum atomic E-state index is 0.467. The van der Waals surface area contributed by atoms with E-state index in [1.165, 1.54) is 0 Å². The predicted octanol–water partition coefficient (Wildman–Crippen LogP) is 1.46. The summed E-state index contributed by atoms with van der Waals surface area (Å²) >= 11 is 0. The summed E-state index contributed by atoms with van der Waals surface area (Å²) in [4.78, 5) is 6.39. The Balaban J connectivity index is 1.91. The Morgan fingerprint density at radius 2 is 2.19 bits per heavy atom. The van der Waals surface area contributed by atoms with E-state index in [-0.39, 0.29) is 0 Å². The monoisotopic (exact) mass is 216 g/mol. The number of pyridine rings is 1. The fourth-order valence-corrected chi connectivity index (χ4v) is 1.93. The Kier molecular flexibility index (Phi) is 3.37. The van der Waals surface area contributed by atoms with Crippen LogP contribution in [0.5, 0.6) is 0 Å². The van der Waals surface area contributed by atoms with Crippen molar-refractivity contribution in [2.45, 2.75) is 18.9 Å². The van der Waals surface area contributed by atoms with Gasteiger partial charge in [0.15, 0.2) is 0 Å². The van der Waals surface area contributed by atoms with Gasteiger partial charge in [-0.25, -0.2) is 4.98 Å². The molecule has 0 atom stereocenters. The number of aromatic nitrogens is 1. The van der Waals surface area contributed by atoms with Crippen molar-refractivity contribution in [3.8, 4) is 6.07 Å². The SMILES string of the molecule is CN1CCC(Nc2ccc(C#N)nc2)CC1. The van der Waals surface area contributed by atoms with Gasteiger partial charge >= 0.3 is 0 Å². The molecule has 0 spiro atoms. The summed E-state index contributed by atoms with van der Waals surface area (Å²) in [5.74, 6) is 0. The Labute approximate surface area is 95.9 Å². The molecule has 1 N–H and O–H groups in total. The fraction of sp³-hybridized carbons (Fsp3) is 0.500. The molecule has 4 heteroatoms. The maximum Gasteiger partial charge on any atom is 0.140 e. The van der Waals surface area contributed by atoms with Crippen molar-refractivity contribution >= 4 is 5.69 Å². The highest BCUT2D eigenvalue weighted by Crippen LogP contribution is 2.15. The lowest BCUT2D eigenvalue weighted by Crippen LogP contribution is -2.36. The zero-order valence-electron chi connectivity index (χ0n) is 9.48. The van der Waals surface area contributed by atoms with Gasteiger partial charge in [-0.1, -0.05) is 0 Å². The second-order valence-electron chi connectivity index (χ2n) is 4.27. The molecule has 4 nitrogen and oxygen atoms in total. The minimum absolute atomic E-state index is 0.467. The van der Waals surface area contributed by atoms with Gasteiger partial charge in [0.2, 0.25) is 0 Å². The average Bonchev–Trinajstić information content (AvgIpc) is 2.33. The molecular formula is C12H16N4. The zero-order chi connectivity index (χ0) is 11.4. The molecule has 1 saturated heterocycles. The molecule has 1 aliphatic heterocycles. The van der Waals surface area contributed by atoms with Crippen molar-refractivity contribution in [3.63, 3.8) is 0 Å². The summed E-state index contributed by atoms with van der Waals surface area (Å²) in [5.41, 5.74) is 1.47. The number of nitrogens with one attached hydrogen (secondary N) is 1. The fourth-order valence-electron chi connectivity index (χ4n) is 1.93.